The molecule has 4 unspecified atom stereocenters. The van der Waals surface area contributed by atoms with Crippen molar-refractivity contribution < 1.29 is 28.4 Å². The van der Waals surface area contributed by atoms with E-state index in [0.29, 0.717) is 44.1 Å². The molecule has 4 atom stereocenters. The predicted octanol–water partition coefficient (Wildman–Crippen LogP) is 9.73. The summed E-state index contributed by atoms with van der Waals surface area (Å²) in [7, 11) is 0. The first kappa shape index (κ1) is 36.2. The SMILES string of the molecule is CCCCCCCC(CCCCCCCc1cccc(OCC2CO2)c1)c1ccc(OCC2CO2)cc1.c1ccc(OCC2CO2)cc1. The topological polar surface area (TPSA) is 65.3 Å². The van der Waals surface area contributed by atoms with Gasteiger partial charge in [0.1, 0.15) is 55.4 Å². The van der Waals surface area contributed by atoms with Crippen LogP contribution < -0.4 is 14.2 Å². The van der Waals surface area contributed by atoms with Gasteiger partial charge in [0.05, 0.1) is 19.8 Å². The molecule has 0 saturated carbocycles. The summed E-state index contributed by atoms with van der Waals surface area (Å²) in [5, 5.41) is 0. The van der Waals surface area contributed by atoms with Crippen LogP contribution >= 0.6 is 0 Å². The zero-order valence-corrected chi connectivity index (χ0v) is 29.2. The number of aryl methyl sites for hydroxylation is 1. The van der Waals surface area contributed by atoms with Gasteiger partial charge in [-0.15, -0.1) is 0 Å². The summed E-state index contributed by atoms with van der Waals surface area (Å²) in [6.07, 6.45) is 18.0. The lowest BCUT2D eigenvalue weighted by molar-refractivity contribution is 0.263. The second-order valence-electron chi connectivity index (χ2n) is 13.5. The van der Waals surface area contributed by atoms with E-state index in [4.69, 9.17) is 28.4 Å². The molecule has 3 heterocycles. The van der Waals surface area contributed by atoms with Crippen LogP contribution in [-0.4, -0.2) is 58.0 Å². The Hall–Kier alpha value is -3.06. The van der Waals surface area contributed by atoms with Gasteiger partial charge in [0.2, 0.25) is 0 Å². The van der Waals surface area contributed by atoms with Crippen molar-refractivity contribution in [3.05, 3.63) is 90.0 Å². The largest absolute Gasteiger partial charge is 0.491 e. The fraction of sp³-hybridized carbons (Fsp3) is 0.571. The van der Waals surface area contributed by atoms with Gasteiger partial charge in [-0.25, -0.2) is 0 Å². The minimum Gasteiger partial charge on any atom is -0.491 e. The lowest BCUT2D eigenvalue weighted by atomic mass is 9.88. The first-order chi connectivity index (χ1) is 23.7. The zero-order valence-electron chi connectivity index (χ0n) is 29.2. The van der Waals surface area contributed by atoms with Gasteiger partial charge in [0, 0.05) is 0 Å². The summed E-state index contributed by atoms with van der Waals surface area (Å²) in [6, 6.07) is 27.3. The minimum absolute atomic E-state index is 0.308. The Bertz CT molecular complexity index is 1250. The van der Waals surface area contributed by atoms with Crippen molar-refractivity contribution in [2.24, 2.45) is 0 Å². The van der Waals surface area contributed by atoms with Gasteiger partial charge in [0.25, 0.3) is 0 Å². The Kier molecular flexibility index (Phi) is 15.9. The predicted molar refractivity (Wildman–Crippen MR) is 193 cm³/mol. The summed E-state index contributed by atoms with van der Waals surface area (Å²) < 4.78 is 32.6. The van der Waals surface area contributed by atoms with E-state index in [1.54, 1.807) is 0 Å². The van der Waals surface area contributed by atoms with Gasteiger partial charge in [-0.1, -0.05) is 107 Å². The smallest absolute Gasteiger partial charge is 0.119 e. The minimum atomic E-state index is 0.308. The molecule has 3 saturated heterocycles. The van der Waals surface area contributed by atoms with Crippen LogP contribution in [0, 0.1) is 0 Å². The van der Waals surface area contributed by atoms with Crippen molar-refractivity contribution in [3.8, 4) is 17.2 Å². The summed E-state index contributed by atoms with van der Waals surface area (Å²) in [5.41, 5.74) is 2.87. The summed E-state index contributed by atoms with van der Waals surface area (Å²) >= 11 is 0. The molecule has 6 heteroatoms. The van der Waals surface area contributed by atoms with Crippen LogP contribution in [0.15, 0.2) is 78.9 Å². The lowest BCUT2D eigenvalue weighted by Gasteiger charge is -2.18. The molecular weight excluding hydrogens is 600 g/mol. The van der Waals surface area contributed by atoms with E-state index in [-0.39, 0.29) is 0 Å². The van der Waals surface area contributed by atoms with Gasteiger partial charge in [-0.3, -0.25) is 0 Å². The maximum Gasteiger partial charge on any atom is 0.119 e. The number of benzene rings is 3. The second-order valence-corrected chi connectivity index (χ2v) is 13.5. The van der Waals surface area contributed by atoms with Crippen molar-refractivity contribution in [1.82, 2.24) is 0 Å². The van der Waals surface area contributed by atoms with Crippen molar-refractivity contribution in [1.29, 1.82) is 0 Å². The van der Waals surface area contributed by atoms with Crippen LogP contribution in [0.4, 0.5) is 0 Å². The van der Waals surface area contributed by atoms with E-state index < -0.39 is 0 Å². The van der Waals surface area contributed by atoms with E-state index in [2.05, 4.69) is 55.5 Å². The average Bonchev–Trinajstić information content (AvgIpc) is 3.97. The third-order valence-electron chi connectivity index (χ3n) is 9.18. The van der Waals surface area contributed by atoms with Crippen LogP contribution in [0.2, 0.25) is 0 Å². The Morgan fingerprint density at radius 1 is 0.542 bits per heavy atom. The number of epoxide rings is 3. The van der Waals surface area contributed by atoms with Gasteiger partial charge >= 0.3 is 0 Å². The first-order valence-electron chi connectivity index (χ1n) is 18.7. The Balaban J connectivity index is 0.000000343. The fourth-order valence-corrected chi connectivity index (χ4v) is 5.93. The van der Waals surface area contributed by atoms with E-state index in [1.807, 2.05) is 30.3 Å². The maximum absolute atomic E-state index is 5.85. The molecular formula is C42H58O6. The number of hydrogen-bond acceptors (Lipinski definition) is 6. The average molecular weight is 659 g/mol. The highest BCUT2D eigenvalue weighted by molar-refractivity contribution is 5.30. The van der Waals surface area contributed by atoms with Crippen LogP contribution in [-0.2, 0) is 20.6 Å². The van der Waals surface area contributed by atoms with Crippen LogP contribution in [0.3, 0.4) is 0 Å². The molecule has 262 valence electrons. The third-order valence-corrected chi connectivity index (χ3v) is 9.18. The fourth-order valence-electron chi connectivity index (χ4n) is 5.93. The molecule has 6 rings (SSSR count). The van der Waals surface area contributed by atoms with Crippen LogP contribution in [0.1, 0.15) is 101 Å². The van der Waals surface area contributed by atoms with Crippen molar-refractivity contribution in [2.45, 2.75) is 115 Å². The molecule has 3 fully saturated rings. The second kappa shape index (κ2) is 21.1. The van der Waals surface area contributed by atoms with Crippen molar-refractivity contribution in [2.75, 3.05) is 39.6 Å². The molecule has 0 amide bonds. The van der Waals surface area contributed by atoms with Gasteiger partial charge in [0.15, 0.2) is 0 Å². The molecule has 0 N–H and O–H groups in total. The number of ether oxygens (including phenoxy) is 6. The molecule has 48 heavy (non-hydrogen) atoms. The summed E-state index contributed by atoms with van der Waals surface area (Å²) in [5.74, 6) is 3.54. The highest BCUT2D eigenvalue weighted by atomic mass is 16.6. The zero-order chi connectivity index (χ0) is 33.1. The summed E-state index contributed by atoms with van der Waals surface area (Å²) in [4.78, 5) is 0. The van der Waals surface area contributed by atoms with Crippen molar-refractivity contribution >= 4 is 0 Å². The van der Waals surface area contributed by atoms with Gasteiger partial charge in [-0.05, 0) is 79.1 Å². The monoisotopic (exact) mass is 658 g/mol. The van der Waals surface area contributed by atoms with E-state index in [1.165, 1.54) is 88.2 Å². The number of rotatable bonds is 24. The molecule has 0 aromatic heterocycles. The number of hydrogen-bond donors (Lipinski definition) is 0. The molecule has 0 radical (unpaired) electrons. The van der Waals surface area contributed by atoms with Gasteiger partial charge < -0.3 is 28.4 Å². The molecule has 0 aliphatic carbocycles. The molecule has 0 spiro atoms. The Morgan fingerprint density at radius 3 is 1.62 bits per heavy atom. The van der Waals surface area contributed by atoms with Crippen LogP contribution in [0.25, 0.3) is 0 Å². The summed E-state index contributed by atoms with van der Waals surface area (Å²) in [6.45, 7) is 6.87. The van der Waals surface area contributed by atoms with Crippen molar-refractivity contribution in [3.63, 3.8) is 0 Å². The Labute approximate surface area is 289 Å². The molecule has 3 aromatic carbocycles. The van der Waals surface area contributed by atoms with Gasteiger partial charge in [-0.2, -0.15) is 0 Å². The Morgan fingerprint density at radius 2 is 1.04 bits per heavy atom. The third kappa shape index (κ3) is 15.4. The lowest BCUT2D eigenvalue weighted by Crippen LogP contribution is -2.04. The normalized spacial score (nSPS) is 19.5. The highest BCUT2D eigenvalue weighted by Gasteiger charge is 2.24. The standard InChI is InChI=1S/C33H48O4.C9H10O2/c1-2-3-4-6-10-15-28(29-18-20-30(21-19-29)34-23-32-25-36-32)16-11-8-5-7-9-13-27-14-12-17-31(22-27)35-24-33-26-37-33;1-2-4-8(5-3-1)10-6-9-7-11-9/h12,14,17-22,28,32-33H,2-11,13,15-16,23-26H2,1H3;1-5,9H,6-7H2. The molecule has 3 aliphatic rings. The maximum atomic E-state index is 5.85. The number of para-hydroxylation sites is 1. The number of unbranched alkanes of at least 4 members (excludes halogenated alkanes) is 8. The molecule has 3 aliphatic heterocycles. The van der Waals surface area contributed by atoms with Crippen LogP contribution in [0.5, 0.6) is 17.2 Å². The molecule has 6 nitrogen and oxygen atoms in total. The quantitative estimate of drug-likeness (QED) is 0.0705. The molecule has 0 bridgehead atoms. The highest BCUT2D eigenvalue weighted by Crippen LogP contribution is 2.30. The van der Waals surface area contributed by atoms with E-state index in [9.17, 15) is 0 Å². The van der Waals surface area contributed by atoms with E-state index >= 15 is 0 Å². The van der Waals surface area contributed by atoms with E-state index in [0.717, 1.165) is 43.5 Å². The molecule has 3 aromatic rings. The first-order valence-corrected chi connectivity index (χ1v) is 18.7.